The average Bonchev–Trinajstić information content (AvgIpc) is 2.97. The summed E-state index contributed by atoms with van der Waals surface area (Å²) in [5, 5.41) is 5.15. The molecule has 4 aliphatic rings. The number of alkyl halides is 3. The second-order valence-corrected chi connectivity index (χ2v) is 10.9. The van der Waals surface area contributed by atoms with Crippen LogP contribution in [-0.4, -0.2) is 55.2 Å². The predicted octanol–water partition coefficient (Wildman–Crippen LogP) is 6.11. The minimum Gasteiger partial charge on any atom is -0.373 e. The molecule has 1 fully saturated rings. The van der Waals surface area contributed by atoms with Gasteiger partial charge in [-0.3, -0.25) is 4.79 Å². The highest BCUT2D eigenvalue weighted by atomic mass is 32.2. The fourth-order valence-corrected chi connectivity index (χ4v) is 7.34. The van der Waals surface area contributed by atoms with Crippen molar-refractivity contribution in [2.45, 2.75) is 89.0 Å². The molecule has 0 aromatic rings. The van der Waals surface area contributed by atoms with Crippen LogP contribution in [-0.2, 0) is 9.53 Å². The first-order valence-electron chi connectivity index (χ1n) is 12.8. The molecule has 3 aliphatic heterocycles. The van der Waals surface area contributed by atoms with E-state index in [1.54, 1.807) is 18.9 Å². The Bertz CT molecular complexity index is 867. The Labute approximate surface area is 205 Å². The molecule has 0 saturated carbocycles. The van der Waals surface area contributed by atoms with Crippen LogP contribution in [0, 0.1) is 5.92 Å². The number of Topliss-reactive ketones (excluding diaryl/α,β-unsaturated/α-hetero) is 1. The van der Waals surface area contributed by atoms with Gasteiger partial charge in [-0.05, 0) is 35.8 Å². The molecule has 0 bridgehead atoms. The molecular formula is C26H37F3N2O2S. The Morgan fingerprint density at radius 3 is 2.68 bits per heavy atom. The minimum atomic E-state index is -4.83. The van der Waals surface area contributed by atoms with Gasteiger partial charge >= 0.3 is 6.18 Å². The number of rotatable bonds is 10. The largest absolute Gasteiger partial charge is 0.450 e. The molecule has 1 aliphatic carbocycles. The van der Waals surface area contributed by atoms with Crippen molar-refractivity contribution >= 4 is 17.5 Å². The third kappa shape index (κ3) is 4.87. The number of hydrogen-bond donors (Lipinski definition) is 1. The monoisotopic (exact) mass is 498 g/mol. The molecule has 0 radical (unpaired) electrons. The number of methoxy groups -OCH3 is 1. The molecule has 1 saturated heterocycles. The molecule has 3 heterocycles. The lowest BCUT2D eigenvalue weighted by Gasteiger charge is -2.42. The summed E-state index contributed by atoms with van der Waals surface area (Å²) in [5.41, 5.74) is 2.73. The molecule has 8 heteroatoms. The second-order valence-electron chi connectivity index (χ2n) is 9.94. The van der Waals surface area contributed by atoms with Gasteiger partial charge in [0.1, 0.15) is 5.60 Å². The number of ketones is 1. The number of allylic oxidation sites excluding steroid dienone is 1. The number of halogens is 3. The normalized spacial score (nSPS) is 28.8. The number of carbonyl (C=O) groups is 1. The molecule has 4 rings (SSSR count). The highest BCUT2D eigenvalue weighted by Crippen LogP contribution is 2.55. The Kier molecular flexibility index (Phi) is 8.20. The van der Waals surface area contributed by atoms with Crippen molar-refractivity contribution in [2.75, 3.05) is 26.7 Å². The lowest BCUT2D eigenvalue weighted by molar-refractivity contribution is -0.177. The molecule has 190 valence electrons. The van der Waals surface area contributed by atoms with Gasteiger partial charge in [-0.15, -0.1) is 0 Å². The van der Waals surface area contributed by atoms with Gasteiger partial charge in [-0.1, -0.05) is 69.7 Å². The van der Waals surface area contributed by atoms with Gasteiger partial charge in [0.25, 0.3) is 0 Å². The number of piperidine rings is 1. The van der Waals surface area contributed by atoms with Crippen LogP contribution in [0.1, 0.15) is 71.1 Å². The molecule has 0 amide bonds. The lowest BCUT2D eigenvalue weighted by atomic mass is 9.80. The summed E-state index contributed by atoms with van der Waals surface area (Å²) in [6.45, 7) is 3.34. The van der Waals surface area contributed by atoms with Gasteiger partial charge in [0, 0.05) is 31.6 Å². The first kappa shape index (κ1) is 25.8. The maximum Gasteiger partial charge on any atom is 0.450 e. The van der Waals surface area contributed by atoms with E-state index in [0.717, 1.165) is 47.4 Å². The zero-order valence-corrected chi connectivity index (χ0v) is 21.1. The third-order valence-corrected chi connectivity index (χ3v) is 9.03. The van der Waals surface area contributed by atoms with Crippen molar-refractivity contribution in [3.8, 4) is 0 Å². The fourth-order valence-electron chi connectivity index (χ4n) is 6.17. The Morgan fingerprint density at radius 2 is 1.97 bits per heavy atom. The summed E-state index contributed by atoms with van der Waals surface area (Å²) >= 11 is 1.65. The number of nitrogens with zero attached hydrogens (tertiary/aromatic N) is 1. The third-order valence-electron chi connectivity index (χ3n) is 7.90. The van der Waals surface area contributed by atoms with E-state index in [9.17, 15) is 18.0 Å². The van der Waals surface area contributed by atoms with Crippen molar-refractivity contribution in [1.82, 2.24) is 10.2 Å². The zero-order valence-electron chi connectivity index (χ0n) is 20.3. The summed E-state index contributed by atoms with van der Waals surface area (Å²) in [4.78, 5) is 15.6. The van der Waals surface area contributed by atoms with E-state index in [4.69, 9.17) is 4.74 Å². The first-order chi connectivity index (χ1) is 16.3. The lowest BCUT2D eigenvalue weighted by Crippen LogP contribution is -2.53. The highest BCUT2D eigenvalue weighted by molar-refractivity contribution is 8.06. The van der Waals surface area contributed by atoms with Crippen LogP contribution in [0.3, 0.4) is 0 Å². The minimum absolute atomic E-state index is 0.0587. The molecule has 3 unspecified atom stereocenters. The molecule has 0 aromatic carbocycles. The molecule has 34 heavy (non-hydrogen) atoms. The van der Waals surface area contributed by atoms with Gasteiger partial charge < -0.3 is 15.0 Å². The number of thioether (sulfide) groups is 1. The molecule has 0 aromatic heterocycles. The van der Waals surface area contributed by atoms with E-state index in [1.807, 2.05) is 11.5 Å². The van der Waals surface area contributed by atoms with Crippen molar-refractivity contribution in [3.63, 3.8) is 0 Å². The van der Waals surface area contributed by atoms with Crippen LogP contribution in [0.5, 0.6) is 0 Å². The van der Waals surface area contributed by atoms with Crippen LogP contribution in [0.25, 0.3) is 0 Å². The topological polar surface area (TPSA) is 41.6 Å². The van der Waals surface area contributed by atoms with Gasteiger partial charge in [-0.2, -0.15) is 13.2 Å². The zero-order chi connectivity index (χ0) is 24.3. The van der Waals surface area contributed by atoms with E-state index in [0.29, 0.717) is 13.1 Å². The Morgan fingerprint density at radius 1 is 1.24 bits per heavy atom. The highest BCUT2D eigenvalue weighted by Gasteiger charge is 2.55. The smallest absolute Gasteiger partial charge is 0.373 e. The number of unbranched alkanes of at least 4 members (excludes halogenated alkanes) is 6. The van der Waals surface area contributed by atoms with E-state index in [2.05, 4.69) is 17.1 Å². The van der Waals surface area contributed by atoms with Crippen molar-refractivity contribution in [2.24, 2.45) is 5.92 Å². The summed E-state index contributed by atoms with van der Waals surface area (Å²) in [5.74, 6) is -2.74. The average molecular weight is 499 g/mol. The summed E-state index contributed by atoms with van der Waals surface area (Å²) < 4.78 is 46.6. The number of nitrogens with one attached hydrogen (secondary N) is 1. The van der Waals surface area contributed by atoms with Crippen molar-refractivity contribution in [1.29, 1.82) is 0 Å². The molecule has 1 N–H and O–H groups in total. The Hall–Kier alpha value is -1.25. The maximum atomic E-state index is 13.4. The number of fused-ring (bicyclic) bond motifs is 2. The summed E-state index contributed by atoms with van der Waals surface area (Å²) in [6.07, 6.45) is 8.29. The van der Waals surface area contributed by atoms with E-state index in [-0.39, 0.29) is 6.54 Å². The fraction of sp³-hybridized carbons (Fsp3) is 0.731. The molecule has 4 nitrogen and oxygen atoms in total. The standard InChI is InChI=1S/C26H37F3N2O2S/c1-3-4-5-6-7-8-9-12-25(33-2)13-11-18-19-16-30-17-20(23(32)26(27,28)29)21(19)31-14-10-15-34-24(25)22(18)31/h10,15,20-21,30H,3-9,11-14,16-17H2,1-2H3. The number of ether oxygens (including phenoxy) is 1. The molecule has 3 atom stereocenters. The van der Waals surface area contributed by atoms with Crippen LogP contribution < -0.4 is 5.32 Å². The van der Waals surface area contributed by atoms with Gasteiger partial charge in [-0.25, -0.2) is 0 Å². The van der Waals surface area contributed by atoms with Crippen LogP contribution in [0.2, 0.25) is 0 Å². The maximum absolute atomic E-state index is 13.4. The second kappa shape index (κ2) is 10.8. The van der Waals surface area contributed by atoms with Gasteiger partial charge in [0.2, 0.25) is 5.78 Å². The van der Waals surface area contributed by atoms with Gasteiger partial charge in [0.15, 0.2) is 0 Å². The van der Waals surface area contributed by atoms with Crippen molar-refractivity contribution in [3.05, 3.63) is 33.2 Å². The quantitative estimate of drug-likeness (QED) is 0.368. The predicted molar refractivity (Wildman–Crippen MR) is 130 cm³/mol. The number of carbonyl (C=O) groups excluding carboxylic acids is 1. The first-order valence-corrected chi connectivity index (χ1v) is 13.6. The SMILES string of the molecule is CCCCCCCCCC1(OC)CCC2=C3CNCC(C(=O)C(F)(F)F)C3N3CC=CSC1=C23. The Balaban J connectivity index is 1.60. The van der Waals surface area contributed by atoms with Gasteiger partial charge in [0.05, 0.1) is 17.7 Å². The van der Waals surface area contributed by atoms with Crippen LogP contribution in [0.15, 0.2) is 33.2 Å². The van der Waals surface area contributed by atoms with Crippen LogP contribution >= 0.6 is 11.8 Å². The summed E-state index contributed by atoms with van der Waals surface area (Å²) in [6, 6.07) is -0.523. The van der Waals surface area contributed by atoms with E-state index < -0.39 is 29.5 Å². The molecule has 0 spiro atoms. The number of hydrogen-bond acceptors (Lipinski definition) is 5. The van der Waals surface area contributed by atoms with Crippen molar-refractivity contribution < 1.29 is 22.7 Å². The molecular weight excluding hydrogens is 461 g/mol. The van der Waals surface area contributed by atoms with Crippen LogP contribution in [0.4, 0.5) is 13.2 Å². The summed E-state index contributed by atoms with van der Waals surface area (Å²) in [7, 11) is 1.77. The van der Waals surface area contributed by atoms with E-state index >= 15 is 0 Å². The van der Waals surface area contributed by atoms with E-state index in [1.165, 1.54) is 38.5 Å².